The average molecular weight is 503 g/mol. The molecule has 4 N–H and O–H groups in total. The van der Waals surface area contributed by atoms with Crippen molar-refractivity contribution in [3.05, 3.63) is 99.0 Å². The first-order chi connectivity index (χ1) is 17.4. The molecule has 1 atom stereocenters. The number of hydroxylamine groups is 1. The van der Waals surface area contributed by atoms with Gasteiger partial charge in [-0.25, -0.2) is 5.48 Å². The number of fused-ring (bicyclic) bond motifs is 2. The van der Waals surface area contributed by atoms with Gasteiger partial charge in [0.05, 0.1) is 0 Å². The summed E-state index contributed by atoms with van der Waals surface area (Å²) in [6.45, 7) is 5.91. The van der Waals surface area contributed by atoms with Crippen molar-refractivity contribution >= 4 is 34.5 Å². The molecule has 4 aromatic rings. The Morgan fingerprint density at radius 3 is 2.83 bits per heavy atom. The fourth-order valence-electron chi connectivity index (χ4n) is 5.33. The van der Waals surface area contributed by atoms with Gasteiger partial charge in [0.25, 0.3) is 5.91 Å². The summed E-state index contributed by atoms with van der Waals surface area (Å²) in [5.74, 6) is -0.535. The van der Waals surface area contributed by atoms with Crippen molar-refractivity contribution in [2.24, 2.45) is 0 Å². The Balaban J connectivity index is 1.42. The predicted octanol–water partition coefficient (Wildman–Crippen LogP) is 6.02. The summed E-state index contributed by atoms with van der Waals surface area (Å²) in [4.78, 5) is 20.7. The highest BCUT2D eigenvalue weighted by molar-refractivity contribution is 6.30. The molecule has 1 amide bonds. The molecule has 5 rings (SSSR count). The highest BCUT2D eigenvalue weighted by atomic mass is 35.5. The molecule has 1 unspecified atom stereocenters. The van der Waals surface area contributed by atoms with E-state index in [0.29, 0.717) is 11.2 Å². The summed E-state index contributed by atoms with van der Waals surface area (Å²) in [7, 11) is 0. The number of para-hydroxylation sites is 1. The van der Waals surface area contributed by atoms with Crippen LogP contribution in [0.25, 0.3) is 17.0 Å². The SMILES string of the molecule is Cc1c(Cl)[nH]c(CN(CCc2c[nH]c3ccccc23)C2CCc3cc(C=CC(=O)NO)ccc32)c1C. The van der Waals surface area contributed by atoms with Gasteiger partial charge in [-0.05, 0) is 78.6 Å². The lowest BCUT2D eigenvalue weighted by Gasteiger charge is -2.30. The number of hydrogen-bond acceptors (Lipinski definition) is 3. The number of carbonyl (C=O) groups is 1. The van der Waals surface area contributed by atoms with Gasteiger partial charge < -0.3 is 9.97 Å². The minimum absolute atomic E-state index is 0.297. The molecule has 36 heavy (non-hydrogen) atoms. The second kappa shape index (κ2) is 10.3. The second-order valence-corrected chi connectivity index (χ2v) is 9.95. The van der Waals surface area contributed by atoms with Crippen LogP contribution < -0.4 is 5.48 Å². The van der Waals surface area contributed by atoms with E-state index >= 15 is 0 Å². The van der Waals surface area contributed by atoms with Crippen LogP contribution in [-0.2, 0) is 24.2 Å². The minimum Gasteiger partial charge on any atom is -0.361 e. The van der Waals surface area contributed by atoms with Gasteiger partial charge in [0.2, 0.25) is 0 Å². The lowest BCUT2D eigenvalue weighted by molar-refractivity contribution is -0.124. The van der Waals surface area contributed by atoms with E-state index in [0.717, 1.165) is 43.5 Å². The molecule has 2 aromatic heterocycles. The largest absolute Gasteiger partial charge is 0.361 e. The topological polar surface area (TPSA) is 84.2 Å². The number of aromatic nitrogens is 2. The zero-order valence-electron chi connectivity index (χ0n) is 20.6. The van der Waals surface area contributed by atoms with Crippen molar-refractivity contribution in [1.29, 1.82) is 0 Å². The van der Waals surface area contributed by atoms with E-state index in [9.17, 15) is 4.79 Å². The molecule has 0 fully saturated rings. The highest BCUT2D eigenvalue weighted by Gasteiger charge is 2.29. The monoisotopic (exact) mass is 502 g/mol. The minimum atomic E-state index is -0.535. The van der Waals surface area contributed by atoms with Gasteiger partial charge in [0, 0.05) is 48.0 Å². The quantitative estimate of drug-likeness (QED) is 0.135. The van der Waals surface area contributed by atoms with Gasteiger partial charge in [-0.15, -0.1) is 0 Å². The average Bonchev–Trinajstić information content (AvgIpc) is 3.57. The van der Waals surface area contributed by atoms with Crippen LogP contribution in [0.15, 0.2) is 54.7 Å². The number of halogens is 1. The van der Waals surface area contributed by atoms with Crippen LogP contribution in [0.2, 0.25) is 5.15 Å². The summed E-state index contributed by atoms with van der Waals surface area (Å²) in [5.41, 5.74) is 11.2. The summed E-state index contributed by atoms with van der Waals surface area (Å²) in [5, 5.41) is 10.7. The van der Waals surface area contributed by atoms with Crippen molar-refractivity contribution in [1.82, 2.24) is 20.3 Å². The molecule has 0 bridgehead atoms. The van der Waals surface area contributed by atoms with Gasteiger partial charge in [-0.3, -0.25) is 14.9 Å². The first kappa shape index (κ1) is 24.4. The Morgan fingerprint density at radius 2 is 2.06 bits per heavy atom. The van der Waals surface area contributed by atoms with Crippen LogP contribution in [0.4, 0.5) is 0 Å². The number of rotatable bonds is 8. The lowest BCUT2D eigenvalue weighted by atomic mass is 10.0. The molecular formula is C29H31ClN4O2. The number of nitrogens with one attached hydrogen (secondary N) is 3. The molecule has 0 spiro atoms. The number of carbonyl (C=O) groups excluding carboxylic acids is 1. The third-order valence-corrected chi connectivity index (χ3v) is 7.88. The summed E-state index contributed by atoms with van der Waals surface area (Å²) < 4.78 is 0. The number of amides is 1. The van der Waals surface area contributed by atoms with Crippen molar-refractivity contribution in [2.45, 2.75) is 45.7 Å². The molecule has 2 aromatic carbocycles. The van der Waals surface area contributed by atoms with Gasteiger partial charge >= 0.3 is 0 Å². The Kier molecular flexibility index (Phi) is 7.01. The van der Waals surface area contributed by atoms with Crippen LogP contribution in [-0.4, -0.2) is 32.5 Å². The molecule has 0 saturated carbocycles. The molecule has 6 nitrogen and oxygen atoms in total. The smallest absolute Gasteiger partial charge is 0.267 e. The molecule has 186 valence electrons. The van der Waals surface area contributed by atoms with Gasteiger partial charge in [-0.2, -0.15) is 0 Å². The molecular weight excluding hydrogens is 472 g/mol. The number of benzene rings is 2. The predicted molar refractivity (Wildman–Crippen MR) is 144 cm³/mol. The molecule has 0 radical (unpaired) electrons. The first-order valence-corrected chi connectivity index (χ1v) is 12.7. The Hall–Kier alpha value is -3.32. The van der Waals surface area contributed by atoms with Gasteiger partial charge in [0.15, 0.2) is 0 Å². The summed E-state index contributed by atoms with van der Waals surface area (Å²) in [6, 6.07) is 15.1. The fourth-order valence-corrected chi connectivity index (χ4v) is 5.58. The van der Waals surface area contributed by atoms with Crippen LogP contribution >= 0.6 is 11.6 Å². The number of nitrogens with zero attached hydrogens (tertiary/aromatic N) is 1. The molecule has 7 heteroatoms. The zero-order chi connectivity index (χ0) is 25.2. The van der Waals surface area contributed by atoms with E-state index in [1.807, 2.05) is 6.07 Å². The zero-order valence-corrected chi connectivity index (χ0v) is 21.3. The lowest BCUT2D eigenvalue weighted by Crippen LogP contribution is -2.30. The Morgan fingerprint density at radius 1 is 1.22 bits per heavy atom. The summed E-state index contributed by atoms with van der Waals surface area (Å²) in [6.07, 6.45) is 8.16. The van der Waals surface area contributed by atoms with E-state index < -0.39 is 5.91 Å². The Labute approximate surface area is 215 Å². The number of hydrogen-bond donors (Lipinski definition) is 4. The van der Waals surface area contributed by atoms with E-state index in [1.165, 1.54) is 44.9 Å². The molecule has 0 aliphatic heterocycles. The third kappa shape index (κ3) is 4.85. The second-order valence-electron chi connectivity index (χ2n) is 9.57. The number of aryl methyl sites for hydroxylation is 1. The normalized spacial score (nSPS) is 15.3. The molecule has 0 saturated heterocycles. The maximum atomic E-state index is 11.4. The maximum Gasteiger partial charge on any atom is 0.267 e. The summed E-state index contributed by atoms with van der Waals surface area (Å²) >= 11 is 6.43. The standard InChI is InChI=1S/C29H31ClN4O2/c1-18-19(2)29(30)32-26(18)17-34(14-13-22-16-31-25-6-4-3-5-23(22)25)27-11-9-21-15-20(7-10-24(21)27)8-12-28(35)33-36/h3-8,10,12,15-16,27,31-32,36H,9,11,13-14,17H2,1-2H3,(H,33,35). The van der Waals surface area contributed by atoms with E-state index in [-0.39, 0.29) is 0 Å². The van der Waals surface area contributed by atoms with Crippen molar-refractivity contribution in [2.75, 3.05) is 6.54 Å². The van der Waals surface area contributed by atoms with Crippen LogP contribution in [0.1, 0.15) is 51.5 Å². The van der Waals surface area contributed by atoms with Gasteiger partial charge in [-0.1, -0.05) is 48.0 Å². The van der Waals surface area contributed by atoms with Crippen molar-refractivity contribution in [3.63, 3.8) is 0 Å². The number of H-pyrrole nitrogens is 2. The number of aromatic amines is 2. The first-order valence-electron chi connectivity index (χ1n) is 12.3. The molecule has 1 aliphatic rings. The van der Waals surface area contributed by atoms with Gasteiger partial charge in [0.1, 0.15) is 5.15 Å². The van der Waals surface area contributed by atoms with Crippen molar-refractivity contribution < 1.29 is 10.0 Å². The van der Waals surface area contributed by atoms with E-state index in [2.05, 4.69) is 71.3 Å². The Bertz CT molecular complexity index is 1430. The van der Waals surface area contributed by atoms with Crippen molar-refractivity contribution in [3.8, 4) is 0 Å². The van der Waals surface area contributed by atoms with E-state index in [1.54, 1.807) is 11.6 Å². The molecule has 2 heterocycles. The van der Waals surface area contributed by atoms with Crippen LogP contribution in [0.5, 0.6) is 0 Å². The third-order valence-electron chi connectivity index (χ3n) is 7.50. The fraction of sp³-hybridized carbons (Fsp3) is 0.276. The van der Waals surface area contributed by atoms with Crippen LogP contribution in [0.3, 0.4) is 0 Å². The maximum absolute atomic E-state index is 11.4. The van der Waals surface area contributed by atoms with Crippen LogP contribution in [0, 0.1) is 13.8 Å². The van der Waals surface area contributed by atoms with E-state index in [4.69, 9.17) is 16.8 Å². The molecule has 1 aliphatic carbocycles. The highest BCUT2D eigenvalue weighted by Crippen LogP contribution is 2.38.